The molecular formula is C27H20FN5. The minimum atomic E-state index is -0.238. The molecule has 33 heavy (non-hydrogen) atoms. The Kier molecular flexibility index (Phi) is 4.50. The summed E-state index contributed by atoms with van der Waals surface area (Å²) in [5.41, 5.74) is 8.06. The summed E-state index contributed by atoms with van der Waals surface area (Å²) in [4.78, 5) is 16.5. The molecule has 0 spiro atoms. The Labute approximate surface area is 190 Å². The van der Waals surface area contributed by atoms with Crippen LogP contribution in [0.1, 0.15) is 18.2 Å². The molecule has 6 rings (SSSR count). The highest BCUT2D eigenvalue weighted by molar-refractivity contribution is 5.99. The number of pyridine rings is 1. The number of hydrogen-bond donors (Lipinski definition) is 2. The molecule has 0 radical (unpaired) electrons. The zero-order chi connectivity index (χ0) is 22.4. The van der Waals surface area contributed by atoms with Crippen molar-refractivity contribution in [3.63, 3.8) is 0 Å². The second-order valence-electron chi connectivity index (χ2n) is 8.22. The molecule has 1 atom stereocenters. The normalized spacial score (nSPS) is 15.1. The van der Waals surface area contributed by atoms with Crippen LogP contribution in [0.25, 0.3) is 38.7 Å². The zero-order valence-electron chi connectivity index (χ0n) is 17.9. The van der Waals surface area contributed by atoms with E-state index in [1.165, 1.54) is 18.5 Å². The molecule has 4 heterocycles. The number of rotatable bonds is 3. The van der Waals surface area contributed by atoms with Gasteiger partial charge in [0, 0.05) is 63.5 Å². The van der Waals surface area contributed by atoms with E-state index >= 15 is 0 Å². The molecule has 6 heteroatoms. The summed E-state index contributed by atoms with van der Waals surface area (Å²) in [5.74, 6) is 0.608. The number of anilines is 1. The van der Waals surface area contributed by atoms with Crippen LogP contribution in [0.15, 0.2) is 85.6 Å². The first-order chi connectivity index (χ1) is 16.2. The van der Waals surface area contributed by atoms with Gasteiger partial charge < -0.3 is 10.3 Å². The van der Waals surface area contributed by atoms with E-state index in [-0.39, 0.29) is 11.9 Å². The van der Waals surface area contributed by atoms with Crippen molar-refractivity contribution in [1.29, 1.82) is 0 Å². The van der Waals surface area contributed by atoms with Gasteiger partial charge >= 0.3 is 0 Å². The second kappa shape index (κ2) is 7.67. The number of H-pyrrole nitrogens is 1. The van der Waals surface area contributed by atoms with Crippen molar-refractivity contribution in [3.05, 3.63) is 103 Å². The molecule has 2 aromatic carbocycles. The zero-order valence-corrected chi connectivity index (χ0v) is 17.9. The number of halogens is 1. The Morgan fingerprint density at radius 3 is 2.48 bits per heavy atom. The Morgan fingerprint density at radius 1 is 0.848 bits per heavy atom. The number of aromatic amines is 1. The van der Waals surface area contributed by atoms with E-state index in [2.05, 4.69) is 57.5 Å². The summed E-state index contributed by atoms with van der Waals surface area (Å²) < 4.78 is 13.5. The molecule has 0 saturated heterocycles. The summed E-state index contributed by atoms with van der Waals surface area (Å²) in [6.45, 7) is 2.11. The van der Waals surface area contributed by atoms with Gasteiger partial charge in [0.25, 0.3) is 0 Å². The lowest BCUT2D eigenvalue weighted by Gasteiger charge is -2.23. The van der Waals surface area contributed by atoms with Gasteiger partial charge in [-0.3, -0.25) is 0 Å². The summed E-state index contributed by atoms with van der Waals surface area (Å²) in [6.07, 6.45) is 9.15. The van der Waals surface area contributed by atoms with Crippen LogP contribution in [0.3, 0.4) is 0 Å². The number of aromatic nitrogens is 4. The van der Waals surface area contributed by atoms with Gasteiger partial charge in [-0.15, -0.1) is 0 Å². The lowest BCUT2D eigenvalue weighted by molar-refractivity contribution is 0.628. The number of benzene rings is 2. The molecule has 0 fully saturated rings. The van der Waals surface area contributed by atoms with Crippen LogP contribution in [0.4, 0.5) is 10.2 Å². The molecule has 1 aliphatic rings. The third kappa shape index (κ3) is 3.46. The molecule has 5 aromatic rings. The summed E-state index contributed by atoms with van der Waals surface area (Å²) in [5, 5.41) is 4.54. The van der Waals surface area contributed by atoms with E-state index in [0.29, 0.717) is 0 Å². The predicted molar refractivity (Wildman–Crippen MR) is 129 cm³/mol. The van der Waals surface area contributed by atoms with Gasteiger partial charge in [-0.2, -0.15) is 0 Å². The van der Waals surface area contributed by atoms with Gasteiger partial charge in [0.05, 0.1) is 0 Å². The van der Waals surface area contributed by atoms with E-state index < -0.39 is 0 Å². The Hall–Kier alpha value is -4.32. The van der Waals surface area contributed by atoms with E-state index in [4.69, 9.17) is 4.98 Å². The van der Waals surface area contributed by atoms with Gasteiger partial charge in [0.2, 0.25) is 0 Å². The van der Waals surface area contributed by atoms with Crippen LogP contribution in [0.2, 0.25) is 0 Å². The standard InChI is InChI=1S/C27H20FN5/c1-16-9-22(24-10-18(14-31-27(24)32-16)19-12-29-15-30-13-19)26-11-23-21(3-2-4-25(23)33-26)17-5-7-20(28)8-6-17/h2-16,33H,1H3,(H,31,32). The average molecular weight is 433 g/mol. The predicted octanol–water partition coefficient (Wildman–Crippen LogP) is 6.07. The highest BCUT2D eigenvalue weighted by Crippen LogP contribution is 2.38. The van der Waals surface area contributed by atoms with Gasteiger partial charge in [-0.05, 0) is 48.4 Å². The maximum Gasteiger partial charge on any atom is 0.134 e. The minimum Gasteiger partial charge on any atom is -0.364 e. The van der Waals surface area contributed by atoms with Crippen molar-refractivity contribution in [2.45, 2.75) is 13.0 Å². The maximum atomic E-state index is 13.5. The fourth-order valence-electron chi connectivity index (χ4n) is 4.40. The van der Waals surface area contributed by atoms with Crippen molar-refractivity contribution in [3.8, 4) is 22.3 Å². The van der Waals surface area contributed by atoms with Gasteiger partial charge in [0.15, 0.2) is 0 Å². The summed E-state index contributed by atoms with van der Waals surface area (Å²) in [7, 11) is 0. The molecule has 0 saturated carbocycles. The van der Waals surface area contributed by atoms with Gasteiger partial charge in [-0.1, -0.05) is 30.3 Å². The van der Waals surface area contributed by atoms with Crippen molar-refractivity contribution >= 4 is 22.3 Å². The van der Waals surface area contributed by atoms with Crippen LogP contribution in [0.5, 0.6) is 0 Å². The highest BCUT2D eigenvalue weighted by atomic mass is 19.1. The Bertz CT molecular complexity index is 1500. The first-order valence-electron chi connectivity index (χ1n) is 10.8. The largest absolute Gasteiger partial charge is 0.364 e. The van der Waals surface area contributed by atoms with Crippen molar-refractivity contribution < 1.29 is 4.39 Å². The molecule has 160 valence electrons. The smallest absolute Gasteiger partial charge is 0.134 e. The summed E-state index contributed by atoms with van der Waals surface area (Å²) in [6, 6.07) is 17.2. The molecule has 2 N–H and O–H groups in total. The molecule has 1 aliphatic heterocycles. The first-order valence-corrected chi connectivity index (χ1v) is 10.8. The molecule has 0 bridgehead atoms. The second-order valence-corrected chi connectivity index (χ2v) is 8.22. The van der Waals surface area contributed by atoms with Crippen LogP contribution >= 0.6 is 0 Å². The molecule has 5 nitrogen and oxygen atoms in total. The third-order valence-electron chi connectivity index (χ3n) is 5.96. The maximum absolute atomic E-state index is 13.5. The number of hydrogen-bond acceptors (Lipinski definition) is 4. The van der Waals surface area contributed by atoms with E-state index in [9.17, 15) is 4.39 Å². The molecular weight excluding hydrogens is 413 g/mol. The van der Waals surface area contributed by atoms with Crippen molar-refractivity contribution in [2.24, 2.45) is 0 Å². The Morgan fingerprint density at radius 2 is 1.67 bits per heavy atom. The molecule has 0 amide bonds. The SMILES string of the molecule is CC1C=C(c2cc3c(-c4ccc(F)cc4)cccc3[nH]2)c2cc(-c3cncnc3)cnc2N1. The average Bonchev–Trinajstić information content (AvgIpc) is 3.29. The van der Waals surface area contributed by atoms with E-state index in [1.54, 1.807) is 12.4 Å². The molecule has 3 aromatic heterocycles. The fourth-order valence-corrected chi connectivity index (χ4v) is 4.40. The van der Waals surface area contributed by atoms with Crippen molar-refractivity contribution in [1.82, 2.24) is 19.9 Å². The van der Waals surface area contributed by atoms with Crippen LogP contribution in [-0.2, 0) is 0 Å². The number of nitrogens with zero attached hydrogens (tertiary/aromatic N) is 3. The van der Waals surface area contributed by atoms with Gasteiger partial charge in [-0.25, -0.2) is 19.3 Å². The quantitative estimate of drug-likeness (QED) is 0.362. The third-order valence-corrected chi connectivity index (χ3v) is 5.96. The van der Waals surface area contributed by atoms with E-state index in [1.807, 2.05) is 24.4 Å². The highest BCUT2D eigenvalue weighted by Gasteiger charge is 2.21. The fraction of sp³-hybridized carbons (Fsp3) is 0.0741. The topological polar surface area (TPSA) is 66.5 Å². The lowest BCUT2D eigenvalue weighted by Crippen LogP contribution is -2.19. The van der Waals surface area contributed by atoms with Crippen LogP contribution in [-0.4, -0.2) is 26.0 Å². The molecule has 0 aliphatic carbocycles. The number of nitrogens with one attached hydrogen (secondary N) is 2. The van der Waals surface area contributed by atoms with Crippen LogP contribution in [0, 0.1) is 5.82 Å². The first kappa shape index (κ1) is 19.4. The number of fused-ring (bicyclic) bond motifs is 2. The minimum absolute atomic E-state index is 0.133. The molecule has 1 unspecified atom stereocenters. The lowest BCUT2D eigenvalue weighted by atomic mass is 9.95. The van der Waals surface area contributed by atoms with Crippen molar-refractivity contribution in [2.75, 3.05) is 5.32 Å². The van der Waals surface area contributed by atoms with Gasteiger partial charge in [0.1, 0.15) is 18.0 Å². The van der Waals surface area contributed by atoms with Crippen LogP contribution < -0.4 is 5.32 Å². The monoisotopic (exact) mass is 433 g/mol. The summed E-state index contributed by atoms with van der Waals surface area (Å²) >= 11 is 0. The Balaban J connectivity index is 1.49. The van der Waals surface area contributed by atoms with E-state index in [0.717, 1.165) is 55.8 Å².